The Labute approximate surface area is 101 Å². The highest BCUT2D eigenvalue weighted by molar-refractivity contribution is 9.09. The van der Waals surface area contributed by atoms with Gasteiger partial charge in [0, 0.05) is 11.9 Å². The average molecular weight is 309 g/mol. The van der Waals surface area contributed by atoms with Crippen molar-refractivity contribution in [1.82, 2.24) is 4.72 Å². The highest BCUT2D eigenvalue weighted by Crippen LogP contribution is 2.20. The monoisotopic (exact) mass is 308 g/mol. The zero-order valence-corrected chi connectivity index (χ0v) is 11.0. The van der Waals surface area contributed by atoms with Crippen LogP contribution in [0.2, 0.25) is 0 Å². The highest BCUT2D eigenvalue weighted by Gasteiger charge is 2.15. The zero-order chi connectivity index (χ0) is 11.3. The van der Waals surface area contributed by atoms with Gasteiger partial charge in [0.1, 0.15) is 15.2 Å². The number of nitrogens with zero attached hydrogens (tertiary/aromatic N) is 1. The van der Waals surface area contributed by atoms with Crippen molar-refractivity contribution in [2.45, 2.75) is 10.6 Å². The van der Waals surface area contributed by atoms with Gasteiger partial charge in [-0.15, -0.1) is 11.3 Å². The number of hydrogen-bond acceptors (Lipinski definition) is 4. The van der Waals surface area contributed by atoms with E-state index in [4.69, 9.17) is 5.26 Å². The van der Waals surface area contributed by atoms with Crippen molar-refractivity contribution in [3.8, 4) is 6.07 Å². The van der Waals surface area contributed by atoms with E-state index in [1.165, 1.54) is 12.1 Å². The largest absolute Gasteiger partial charge is 0.250 e. The molecule has 1 heterocycles. The minimum absolute atomic E-state index is 0.189. The number of nitrogens with one attached hydrogen (secondary N) is 1. The molecule has 82 valence electrons. The number of nitriles is 1. The van der Waals surface area contributed by atoms with Crippen LogP contribution in [0.4, 0.5) is 0 Å². The molecule has 4 nitrogen and oxygen atoms in total. The van der Waals surface area contributed by atoms with Gasteiger partial charge in [0.15, 0.2) is 0 Å². The lowest BCUT2D eigenvalue weighted by Gasteiger charge is -2.02. The lowest BCUT2D eigenvalue weighted by molar-refractivity contribution is 0.583. The van der Waals surface area contributed by atoms with Gasteiger partial charge in [0.25, 0.3) is 0 Å². The van der Waals surface area contributed by atoms with Crippen molar-refractivity contribution in [3.63, 3.8) is 0 Å². The number of halogens is 1. The molecule has 0 aliphatic rings. The maximum atomic E-state index is 11.6. The average Bonchev–Trinajstić information content (AvgIpc) is 2.66. The molecular weight excluding hydrogens is 300 g/mol. The SMILES string of the molecule is N#Cc1ccc(S(=O)(=O)NCCCBr)s1. The van der Waals surface area contributed by atoms with Crippen LogP contribution in [0, 0.1) is 11.3 Å². The third-order valence-electron chi connectivity index (χ3n) is 1.56. The van der Waals surface area contributed by atoms with Gasteiger partial charge in [-0.3, -0.25) is 0 Å². The van der Waals surface area contributed by atoms with Crippen LogP contribution in [0.5, 0.6) is 0 Å². The molecule has 0 aromatic carbocycles. The van der Waals surface area contributed by atoms with E-state index in [9.17, 15) is 8.42 Å². The molecule has 0 saturated heterocycles. The standard InChI is InChI=1S/C8H9BrN2O2S2/c9-4-1-5-11-15(12,13)8-3-2-7(6-10)14-8/h2-3,11H,1,4-5H2. The van der Waals surface area contributed by atoms with Crippen LogP contribution in [0.1, 0.15) is 11.3 Å². The first-order valence-electron chi connectivity index (χ1n) is 4.15. The van der Waals surface area contributed by atoms with Crippen LogP contribution in [-0.4, -0.2) is 20.3 Å². The quantitative estimate of drug-likeness (QED) is 0.664. The Morgan fingerprint density at radius 2 is 2.27 bits per heavy atom. The van der Waals surface area contributed by atoms with E-state index in [-0.39, 0.29) is 4.21 Å². The molecule has 7 heteroatoms. The molecule has 15 heavy (non-hydrogen) atoms. The van der Waals surface area contributed by atoms with Gasteiger partial charge in [0.2, 0.25) is 10.0 Å². The van der Waals surface area contributed by atoms with Gasteiger partial charge in [-0.1, -0.05) is 15.9 Å². The van der Waals surface area contributed by atoms with E-state index in [1.54, 1.807) is 0 Å². The molecule has 0 atom stereocenters. The zero-order valence-electron chi connectivity index (χ0n) is 7.73. The van der Waals surface area contributed by atoms with Gasteiger partial charge in [-0.05, 0) is 18.6 Å². The van der Waals surface area contributed by atoms with E-state index in [0.29, 0.717) is 11.4 Å². The van der Waals surface area contributed by atoms with Crippen LogP contribution >= 0.6 is 27.3 Å². The van der Waals surface area contributed by atoms with Gasteiger partial charge >= 0.3 is 0 Å². The number of rotatable bonds is 5. The lowest BCUT2D eigenvalue weighted by Crippen LogP contribution is -2.24. The summed E-state index contributed by atoms with van der Waals surface area (Å²) in [6.45, 7) is 0.396. The van der Waals surface area contributed by atoms with Crippen molar-refractivity contribution in [2.24, 2.45) is 0 Å². The summed E-state index contributed by atoms with van der Waals surface area (Å²) in [6, 6.07) is 4.85. The fraction of sp³-hybridized carbons (Fsp3) is 0.375. The molecule has 0 aliphatic carbocycles. The van der Waals surface area contributed by atoms with E-state index < -0.39 is 10.0 Å². The maximum absolute atomic E-state index is 11.6. The smallest absolute Gasteiger partial charge is 0.210 e. The molecule has 0 fully saturated rings. The van der Waals surface area contributed by atoms with Crippen LogP contribution in [0.3, 0.4) is 0 Å². The molecule has 0 unspecified atom stereocenters. The Bertz CT molecular complexity index is 461. The van der Waals surface area contributed by atoms with Crippen molar-refractivity contribution in [1.29, 1.82) is 5.26 Å². The summed E-state index contributed by atoms with van der Waals surface area (Å²) in [5.41, 5.74) is 0. The van der Waals surface area contributed by atoms with Crippen molar-refractivity contribution >= 4 is 37.3 Å². The second-order valence-corrected chi connectivity index (χ2v) is 6.54. The third kappa shape index (κ3) is 3.57. The third-order valence-corrected chi connectivity index (χ3v) is 5.06. The van der Waals surface area contributed by atoms with Crippen LogP contribution in [0.15, 0.2) is 16.3 Å². The number of alkyl halides is 1. The van der Waals surface area contributed by atoms with E-state index in [1.807, 2.05) is 6.07 Å². The lowest BCUT2D eigenvalue weighted by atomic mass is 10.5. The topological polar surface area (TPSA) is 70.0 Å². The molecule has 0 bridgehead atoms. The maximum Gasteiger partial charge on any atom is 0.250 e. The van der Waals surface area contributed by atoms with Crippen LogP contribution < -0.4 is 4.72 Å². The predicted octanol–water partition coefficient (Wildman–Crippen LogP) is 1.68. The summed E-state index contributed by atoms with van der Waals surface area (Å²) in [6.07, 6.45) is 0.732. The highest BCUT2D eigenvalue weighted by atomic mass is 79.9. The summed E-state index contributed by atoms with van der Waals surface area (Å²) in [7, 11) is -3.43. The molecule has 0 radical (unpaired) electrons. The molecule has 0 aliphatic heterocycles. The van der Waals surface area contributed by atoms with Crippen molar-refractivity contribution in [2.75, 3.05) is 11.9 Å². The minimum atomic E-state index is -3.43. The Morgan fingerprint density at radius 3 is 2.80 bits per heavy atom. The number of sulfonamides is 1. The molecule has 1 rings (SSSR count). The molecule has 1 aromatic heterocycles. The first-order chi connectivity index (χ1) is 7.10. The van der Waals surface area contributed by atoms with Gasteiger partial charge < -0.3 is 0 Å². The number of thiophene rings is 1. The normalized spacial score (nSPS) is 11.2. The Balaban J connectivity index is 2.74. The van der Waals surface area contributed by atoms with E-state index in [0.717, 1.165) is 23.1 Å². The fourth-order valence-electron chi connectivity index (χ4n) is 0.869. The summed E-state index contributed by atoms with van der Waals surface area (Å²) >= 11 is 4.19. The van der Waals surface area contributed by atoms with Gasteiger partial charge in [-0.25, -0.2) is 13.1 Å². The first kappa shape index (κ1) is 12.6. The Hall–Kier alpha value is -0.420. The Kier molecular flexibility index (Phi) is 4.73. The van der Waals surface area contributed by atoms with Crippen LogP contribution in [-0.2, 0) is 10.0 Å². The molecule has 1 N–H and O–H groups in total. The summed E-state index contributed by atoms with van der Waals surface area (Å²) < 4.78 is 25.9. The molecular formula is C8H9BrN2O2S2. The van der Waals surface area contributed by atoms with Gasteiger partial charge in [0.05, 0.1) is 0 Å². The first-order valence-corrected chi connectivity index (χ1v) is 7.58. The van der Waals surface area contributed by atoms with Crippen molar-refractivity contribution in [3.05, 3.63) is 17.0 Å². The summed E-state index contributed by atoms with van der Waals surface area (Å²) in [5, 5.41) is 9.32. The van der Waals surface area contributed by atoms with Crippen LogP contribution in [0.25, 0.3) is 0 Å². The van der Waals surface area contributed by atoms with E-state index in [2.05, 4.69) is 20.7 Å². The second kappa shape index (κ2) is 5.61. The predicted molar refractivity (Wildman–Crippen MR) is 62.6 cm³/mol. The molecule has 0 saturated carbocycles. The fourth-order valence-corrected chi connectivity index (χ4v) is 3.37. The molecule has 0 spiro atoms. The summed E-state index contributed by atoms with van der Waals surface area (Å²) in [4.78, 5) is 0.399. The number of hydrogen-bond donors (Lipinski definition) is 1. The second-order valence-electron chi connectivity index (χ2n) is 2.67. The van der Waals surface area contributed by atoms with Gasteiger partial charge in [-0.2, -0.15) is 5.26 Å². The Morgan fingerprint density at radius 1 is 1.53 bits per heavy atom. The van der Waals surface area contributed by atoms with E-state index >= 15 is 0 Å². The minimum Gasteiger partial charge on any atom is -0.210 e. The van der Waals surface area contributed by atoms with Crippen molar-refractivity contribution < 1.29 is 8.42 Å². The molecule has 1 aromatic rings. The summed E-state index contributed by atoms with van der Waals surface area (Å²) in [5.74, 6) is 0. The molecule has 0 amide bonds.